The van der Waals surface area contributed by atoms with Crippen LogP contribution in [-0.4, -0.2) is 36.6 Å². The molecule has 2 saturated heterocycles. The van der Waals surface area contributed by atoms with Gasteiger partial charge in [0.1, 0.15) is 6.10 Å². The van der Waals surface area contributed by atoms with Crippen molar-refractivity contribution in [1.29, 1.82) is 0 Å². The third-order valence-corrected chi connectivity index (χ3v) is 4.41. The topological polar surface area (TPSA) is 29.5 Å². The predicted octanol–water partition coefficient (Wildman–Crippen LogP) is 1.73. The third kappa shape index (κ3) is 1.58. The Morgan fingerprint density at radius 2 is 2.12 bits per heavy atom. The van der Waals surface area contributed by atoms with Crippen molar-refractivity contribution in [2.75, 3.05) is 19.7 Å². The van der Waals surface area contributed by atoms with Gasteiger partial charge in [0.2, 0.25) is 0 Å². The molecule has 3 fully saturated rings. The Morgan fingerprint density at radius 1 is 1.44 bits per heavy atom. The molecule has 0 N–H and O–H groups in total. The van der Waals surface area contributed by atoms with Crippen molar-refractivity contribution >= 4 is 5.91 Å². The maximum absolute atomic E-state index is 12.1. The molecular weight excluding hydrogens is 202 g/mol. The summed E-state index contributed by atoms with van der Waals surface area (Å²) in [6.45, 7) is 6.62. The number of nitrogens with zero attached hydrogens (tertiary/aromatic N) is 1. The van der Waals surface area contributed by atoms with Gasteiger partial charge in [0.25, 0.3) is 5.91 Å². The van der Waals surface area contributed by atoms with Crippen LogP contribution >= 0.6 is 0 Å². The van der Waals surface area contributed by atoms with Crippen LogP contribution < -0.4 is 0 Å². The first kappa shape index (κ1) is 10.3. The number of carbonyl (C=O) groups excluding carboxylic acids is 1. The molecule has 88 valence electrons. The summed E-state index contributed by atoms with van der Waals surface area (Å²) in [5, 5.41) is 0. The zero-order chi connectivity index (χ0) is 11.2. The van der Waals surface area contributed by atoms with E-state index in [2.05, 4.69) is 6.58 Å². The van der Waals surface area contributed by atoms with Crippen molar-refractivity contribution in [3.05, 3.63) is 12.2 Å². The lowest BCUT2D eigenvalue weighted by Gasteiger charge is -2.33. The smallest absolute Gasteiger partial charge is 0.251 e. The van der Waals surface area contributed by atoms with Crippen molar-refractivity contribution in [2.24, 2.45) is 5.41 Å². The Hall–Kier alpha value is -0.830. The lowest BCUT2D eigenvalue weighted by Crippen LogP contribution is -2.44. The van der Waals surface area contributed by atoms with E-state index in [1.54, 1.807) is 0 Å². The summed E-state index contributed by atoms with van der Waals surface area (Å²) < 4.78 is 5.45. The van der Waals surface area contributed by atoms with Crippen molar-refractivity contribution in [1.82, 2.24) is 4.90 Å². The van der Waals surface area contributed by atoms with Crippen molar-refractivity contribution in [3.8, 4) is 0 Å². The van der Waals surface area contributed by atoms with E-state index in [0.29, 0.717) is 5.41 Å². The number of rotatable bonds is 1. The molecular formula is C13H19NO2. The largest absolute Gasteiger partial charge is 0.368 e. The molecule has 0 aromatic carbocycles. The minimum Gasteiger partial charge on any atom is -0.368 e. The lowest BCUT2D eigenvalue weighted by molar-refractivity contribution is -0.142. The van der Waals surface area contributed by atoms with Gasteiger partial charge < -0.3 is 9.64 Å². The Kier molecular flexibility index (Phi) is 2.32. The molecule has 1 aliphatic carbocycles. The van der Waals surface area contributed by atoms with Gasteiger partial charge in [0.15, 0.2) is 0 Å². The van der Waals surface area contributed by atoms with Crippen LogP contribution in [0.5, 0.6) is 0 Å². The second-order valence-corrected chi connectivity index (χ2v) is 5.39. The van der Waals surface area contributed by atoms with Crippen molar-refractivity contribution in [2.45, 2.75) is 38.2 Å². The molecule has 2 aliphatic heterocycles. The zero-order valence-electron chi connectivity index (χ0n) is 9.71. The molecule has 0 unspecified atom stereocenters. The molecule has 1 saturated carbocycles. The Balaban J connectivity index is 1.57. The Bertz CT molecular complexity index is 323. The number of carbonyl (C=O) groups is 1. The molecule has 3 heteroatoms. The SMILES string of the molecule is C=C1CC12CCN(C(=O)[C@H]1CCCO1)CC2. The fraction of sp³-hybridized carbons (Fsp3) is 0.769. The maximum Gasteiger partial charge on any atom is 0.251 e. The number of hydrogen-bond donors (Lipinski definition) is 0. The number of likely N-dealkylation sites (tertiary alicyclic amines) is 1. The number of ether oxygens (including phenoxy) is 1. The summed E-state index contributed by atoms with van der Waals surface area (Å²) in [6.07, 6.45) is 5.22. The van der Waals surface area contributed by atoms with E-state index in [9.17, 15) is 4.79 Å². The first-order valence-corrected chi connectivity index (χ1v) is 6.30. The summed E-state index contributed by atoms with van der Waals surface area (Å²) in [5.74, 6) is 0.221. The quantitative estimate of drug-likeness (QED) is 0.631. The molecule has 0 radical (unpaired) electrons. The number of hydrogen-bond acceptors (Lipinski definition) is 2. The van der Waals surface area contributed by atoms with Crippen LogP contribution in [-0.2, 0) is 9.53 Å². The summed E-state index contributed by atoms with van der Waals surface area (Å²) >= 11 is 0. The van der Waals surface area contributed by atoms with Gasteiger partial charge >= 0.3 is 0 Å². The van der Waals surface area contributed by atoms with E-state index in [0.717, 1.165) is 45.4 Å². The molecule has 1 amide bonds. The molecule has 0 bridgehead atoms. The van der Waals surface area contributed by atoms with E-state index in [4.69, 9.17) is 4.74 Å². The first-order chi connectivity index (χ1) is 7.71. The molecule has 1 atom stereocenters. The average molecular weight is 221 g/mol. The highest BCUT2D eigenvalue weighted by atomic mass is 16.5. The molecule has 3 rings (SSSR count). The van der Waals surface area contributed by atoms with Crippen LogP contribution in [0.4, 0.5) is 0 Å². The Labute approximate surface area is 96.4 Å². The summed E-state index contributed by atoms with van der Waals surface area (Å²) in [5.41, 5.74) is 1.82. The highest BCUT2D eigenvalue weighted by molar-refractivity contribution is 5.81. The second kappa shape index (κ2) is 3.59. The number of piperidine rings is 1. The highest BCUT2D eigenvalue weighted by Crippen LogP contribution is 2.57. The normalized spacial score (nSPS) is 32.1. The van der Waals surface area contributed by atoms with Crippen molar-refractivity contribution in [3.63, 3.8) is 0 Å². The van der Waals surface area contributed by atoms with Gasteiger partial charge in [-0.05, 0) is 37.5 Å². The minimum atomic E-state index is -0.142. The number of amides is 1. The van der Waals surface area contributed by atoms with Crippen LogP contribution in [0.15, 0.2) is 12.2 Å². The van der Waals surface area contributed by atoms with E-state index in [-0.39, 0.29) is 12.0 Å². The molecule has 0 aromatic heterocycles. The number of allylic oxidation sites excluding steroid dienone is 1. The van der Waals surface area contributed by atoms with Gasteiger partial charge in [-0.15, -0.1) is 0 Å². The van der Waals surface area contributed by atoms with Gasteiger partial charge in [0, 0.05) is 19.7 Å². The zero-order valence-corrected chi connectivity index (χ0v) is 9.71. The highest BCUT2D eigenvalue weighted by Gasteiger charge is 2.49. The van der Waals surface area contributed by atoms with E-state index in [1.807, 2.05) is 4.90 Å². The molecule has 2 heterocycles. The van der Waals surface area contributed by atoms with Gasteiger partial charge in [-0.25, -0.2) is 0 Å². The van der Waals surface area contributed by atoms with Crippen LogP contribution in [0.1, 0.15) is 32.1 Å². The van der Waals surface area contributed by atoms with Crippen LogP contribution in [0, 0.1) is 5.41 Å². The van der Waals surface area contributed by atoms with Gasteiger partial charge in [-0.1, -0.05) is 12.2 Å². The summed E-state index contributed by atoms with van der Waals surface area (Å²) in [4.78, 5) is 14.1. The van der Waals surface area contributed by atoms with E-state index < -0.39 is 0 Å². The predicted molar refractivity (Wildman–Crippen MR) is 61.0 cm³/mol. The minimum absolute atomic E-state index is 0.142. The Morgan fingerprint density at radius 3 is 2.62 bits per heavy atom. The lowest BCUT2D eigenvalue weighted by atomic mass is 9.92. The molecule has 3 aliphatic rings. The maximum atomic E-state index is 12.1. The van der Waals surface area contributed by atoms with Crippen LogP contribution in [0.2, 0.25) is 0 Å². The fourth-order valence-corrected chi connectivity index (χ4v) is 3.03. The monoisotopic (exact) mass is 221 g/mol. The van der Waals surface area contributed by atoms with Gasteiger partial charge in [0.05, 0.1) is 0 Å². The van der Waals surface area contributed by atoms with Gasteiger partial charge in [-0.3, -0.25) is 4.79 Å². The first-order valence-electron chi connectivity index (χ1n) is 6.30. The standard InChI is InChI=1S/C13H19NO2/c1-10-9-13(10)4-6-14(7-5-13)12(15)11-3-2-8-16-11/h11H,1-9H2/t11-/m1/s1. The average Bonchev–Trinajstić information content (AvgIpc) is 2.73. The summed E-state index contributed by atoms with van der Waals surface area (Å²) in [7, 11) is 0. The van der Waals surface area contributed by atoms with Crippen LogP contribution in [0.25, 0.3) is 0 Å². The fourth-order valence-electron chi connectivity index (χ4n) is 3.03. The van der Waals surface area contributed by atoms with E-state index >= 15 is 0 Å². The van der Waals surface area contributed by atoms with Crippen molar-refractivity contribution < 1.29 is 9.53 Å². The molecule has 1 spiro atoms. The third-order valence-electron chi connectivity index (χ3n) is 4.41. The van der Waals surface area contributed by atoms with Crippen LogP contribution in [0.3, 0.4) is 0 Å². The van der Waals surface area contributed by atoms with E-state index in [1.165, 1.54) is 12.0 Å². The second-order valence-electron chi connectivity index (χ2n) is 5.39. The van der Waals surface area contributed by atoms with Gasteiger partial charge in [-0.2, -0.15) is 0 Å². The molecule has 3 nitrogen and oxygen atoms in total. The summed E-state index contributed by atoms with van der Waals surface area (Å²) in [6, 6.07) is 0. The molecule has 16 heavy (non-hydrogen) atoms. The molecule has 0 aromatic rings.